The summed E-state index contributed by atoms with van der Waals surface area (Å²) < 4.78 is 26.9. The van der Waals surface area contributed by atoms with E-state index < -0.39 is 10.0 Å². The van der Waals surface area contributed by atoms with Crippen molar-refractivity contribution in [2.45, 2.75) is 17.9 Å². The molecule has 106 valence electrons. The van der Waals surface area contributed by atoms with Gasteiger partial charge in [-0.2, -0.15) is 0 Å². The second-order valence-electron chi connectivity index (χ2n) is 4.69. The number of nitrogens with one attached hydrogen (secondary N) is 1. The number of benzene rings is 2. The van der Waals surface area contributed by atoms with Gasteiger partial charge in [0.05, 0.1) is 4.90 Å². The topological polar surface area (TPSA) is 72.2 Å². The van der Waals surface area contributed by atoms with Crippen LogP contribution in [0.4, 0.5) is 0 Å². The summed E-state index contributed by atoms with van der Waals surface area (Å²) in [5.74, 6) is 0. The number of aryl methyl sites for hydroxylation is 1. The maximum atomic E-state index is 12.2. The van der Waals surface area contributed by atoms with Crippen molar-refractivity contribution in [2.75, 3.05) is 6.54 Å². The first-order valence-electron chi connectivity index (χ1n) is 6.36. The van der Waals surface area contributed by atoms with Crippen molar-refractivity contribution >= 4 is 10.0 Å². The van der Waals surface area contributed by atoms with E-state index >= 15 is 0 Å². The first kappa shape index (κ1) is 14.7. The first-order valence-corrected chi connectivity index (χ1v) is 7.84. The Kier molecular flexibility index (Phi) is 4.54. The molecule has 2 aromatic rings. The molecule has 3 N–H and O–H groups in total. The molecule has 0 amide bonds. The Balaban J connectivity index is 2.07. The van der Waals surface area contributed by atoms with Gasteiger partial charge in [0.25, 0.3) is 0 Å². The third-order valence-electron chi connectivity index (χ3n) is 3.02. The van der Waals surface area contributed by atoms with Gasteiger partial charge in [-0.1, -0.05) is 42.5 Å². The molecule has 2 rings (SSSR count). The molecule has 0 bridgehead atoms. The van der Waals surface area contributed by atoms with Gasteiger partial charge >= 0.3 is 0 Å². The summed E-state index contributed by atoms with van der Waals surface area (Å²) in [6.07, 6.45) is 0. The Bertz CT molecular complexity index is 669. The highest BCUT2D eigenvalue weighted by molar-refractivity contribution is 7.89. The third-order valence-corrected chi connectivity index (χ3v) is 4.44. The minimum Gasteiger partial charge on any atom is -0.323 e. The molecule has 0 aliphatic carbocycles. The fourth-order valence-corrected chi connectivity index (χ4v) is 3.05. The molecule has 2 aromatic carbocycles. The molecular weight excluding hydrogens is 272 g/mol. The lowest BCUT2D eigenvalue weighted by atomic mass is 10.1. The summed E-state index contributed by atoms with van der Waals surface area (Å²) >= 11 is 0. The van der Waals surface area contributed by atoms with E-state index in [2.05, 4.69) is 4.72 Å². The molecule has 0 fully saturated rings. The third kappa shape index (κ3) is 3.66. The smallest absolute Gasteiger partial charge is 0.240 e. The molecule has 4 nitrogen and oxygen atoms in total. The Hall–Kier alpha value is -1.69. The molecule has 0 unspecified atom stereocenters. The maximum Gasteiger partial charge on any atom is 0.240 e. The van der Waals surface area contributed by atoms with Crippen molar-refractivity contribution in [3.8, 4) is 0 Å². The van der Waals surface area contributed by atoms with E-state index in [4.69, 9.17) is 5.73 Å². The van der Waals surface area contributed by atoms with Gasteiger partial charge in [0, 0.05) is 12.6 Å². The van der Waals surface area contributed by atoms with E-state index in [0.717, 1.165) is 11.1 Å². The summed E-state index contributed by atoms with van der Waals surface area (Å²) in [5, 5.41) is 0. The summed E-state index contributed by atoms with van der Waals surface area (Å²) in [7, 11) is -3.52. The zero-order valence-corrected chi connectivity index (χ0v) is 12.1. The largest absolute Gasteiger partial charge is 0.323 e. The van der Waals surface area contributed by atoms with Crippen LogP contribution in [0.2, 0.25) is 0 Å². The quantitative estimate of drug-likeness (QED) is 0.884. The summed E-state index contributed by atoms with van der Waals surface area (Å²) in [6.45, 7) is 2.02. The predicted octanol–water partition coefficient (Wildman–Crippen LogP) is 1.97. The summed E-state index contributed by atoms with van der Waals surface area (Å²) in [5.41, 5.74) is 7.79. The van der Waals surface area contributed by atoms with Crippen LogP contribution in [0.25, 0.3) is 0 Å². The van der Waals surface area contributed by atoms with Gasteiger partial charge in [0.2, 0.25) is 10.0 Å². The van der Waals surface area contributed by atoms with Crippen molar-refractivity contribution in [3.63, 3.8) is 0 Å². The minimum absolute atomic E-state index is 0.167. The first-order chi connectivity index (χ1) is 9.49. The standard InChI is InChI=1S/C15H18N2O2S/c1-12-6-5-9-14(10-12)20(18,19)17-11-15(16)13-7-3-2-4-8-13/h2-10,15,17H,11,16H2,1H3/t15-/m0/s1. The van der Waals surface area contributed by atoms with E-state index in [-0.39, 0.29) is 17.5 Å². The van der Waals surface area contributed by atoms with E-state index in [1.807, 2.05) is 43.3 Å². The molecule has 0 radical (unpaired) electrons. The van der Waals surface area contributed by atoms with Crippen LogP contribution >= 0.6 is 0 Å². The second kappa shape index (κ2) is 6.17. The summed E-state index contributed by atoms with van der Waals surface area (Å²) in [4.78, 5) is 0.262. The SMILES string of the molecule is Cc1cccc(S(=O)(=O)NC[C@H](N)c2ccccc2)c1. The maximum absolute atomic E-state index is 12.2. The van der Waals surface area contributed by atoms with Crippen molar-refractivity contribution in [2.24, 2.45) is 5.73 Å². The van der Waals surface area contributed by atoms with E-state index in [9.17, 15) is 8.42 Å². The van der Waals surface area contributed by atoms with Crippen molar-refractivity contribution in [1.29, 1.82) is 0 Å². The van der Waals surface area contributed by atoms with Gasteiger partial charge in [-0.25, -0.2) is 13.1 Å². The van der Waals surface area contributed by atoms with Crippen LogP contribution < -0.4 is 10.5 Å². The Morgan fingerprint density at radius 2 is 1.80 bits per heavy atom. The molecule has 0 saturated carbocycles. The highest BCUT2D eigenvalue weighted by atomic mass is 32.2. The van der Waals surface area contributed by atoms with Crippen LogP contribution in [-0.4, -0.2) is 15.0 Å². The molecule has 0 aliphatic rings. The van der Waals surface area contributed by atoms with E-state index in [1.54, 1.807) is 18.2 Å². The lowest BCUT2D eigenvalue weighted by Crippen LogP contribution is -2.32. The van der Waals surface area contributed by atoms with Crippen LogP contribution in [0, 0.1) is 6.92 Å². The normalized spacial score (nSPS) is 13.1. The minimum atomic E-state index is -3.52. The van der Waals surface area contributed by atoms with Gasteiger partial charge in [0.15, 0.2) is 0 Å². The monoisotopic (exact) mass is 290 g/mol. The highest BCUT2D eigenvalue weighted by Crippen LogP contribution is 2.13. The van der Waals surface area contributed by atoms with Crippen molar-refractivity contribution in [1.82, 2.24) is 4.72 Å². The zero-order chi connectivity index (χ0) is 14.6. The van der Waals surface area contributed by atoms with Gasteiger partial charge < -0.3 is 5.73 Å². The molecule has 1 atom stereocenters. The highest BCUT2D eigenvalue weighted by Gasteiger charge is 2.15. The molecule has 0 aromatic heterocycles. The Morgan fingerprint density at radius 1 is 1.10 bits per heavy atom. The number of nitrogens with two attached hydrogens (primary N) is 1. The lowest BCUT2D eigenvalue weighted by molar-refractivity contribution is 0.572. The average molecular weight is 290 g/mol. The molecule has 0 spiro atoms. The van der Waals surface area contributed by atoms with Crippen molar-refractivity contribution < 1.29 is 8.42 Å². The van der Waals surface area contributed by atoms with E-state index in [1.165, 1.54) is 0 Å². The number of hydrogen-bond donors (Lipinski definition) is 2. The fraction of sp³-hybridized carbons (Fsp3) is 0.200. The number of sulfonamides is 1. The number of hydrogen-bond acceptors (Lipinski definition) is 3. The molecule has 5 heteroatoms. The lowest BCUT2D eigenvalue weighted by Gasteiger charge is -2.13. The zero-order valence-electron chi connectivity index (χ0n) is 11.3. The van der Waals surface area contributed by atoms with Crippen LogP contribution in [0.1, 0.15) is 17.2 Å². The summed E-state index contributed by atoms with van der Waals surface area (Å²) in [6, 6.07) is 15.8. The van der Waals surface area contributed by atoms with Gasteiger partial charge in [-0.05, 0) is 30.2 Å². The Labute approximate surface area is 119 Å². The molecule has 0 saturated heterocycles. The second-order valence-corrected chi connectivity index (χ2v) is 6.45. The van der Waals surface area contributed by atoms with Crippen LogP contribution in [0.5, 0.6) is 0 Å². The molecular formula is C15H18N2O2S. The molecule has 0 aliphatic heterocycles. The Morgan fingerprint density at radius 3 is 2.45 bits per heavy atom. The average Bonchev–Trinajstić information content (AvgIpc) is 2.46. The predicted molar refractivity (Wildman–Crippen MR) is 79.7 cm³/mol. The van der Waals surface area contributed by atoms with Crippen LogP contribution in [0.15, 0.2) is 59.5 Å². The van der Waals surface area contributed by atoms with Crippen LogP contribution in [0.3, 0.4) is 0 Å². The molecule has 20 heavy (non-hydrogen) atoms. The van der Waals surface area contributed by atoms with Crippen LogP contribution in [-0.2, 0) is 10.0 Å². The fourth-order valence-electron chi connectivity index (χ4n) is 1.88. The van der Waals surface area contributed by atoms with Crippen molar-refractivity contribution in [3.05, 3.63) is 65.7 Å². The van der Waals surface area contributed by atoms with Gasteiger partial charge in [0.1, 0.15) is 0 Å². The van der Waals surface area contributed by atoms with Gasteiger partial charge in [-0.15, -0.1) is 0 Å². The van der Waals surface area contributed by atoms with Gasteiger partial charge in [-0.3, -0.25) is 0 Å². The number of rotatable bonds is 5. The molecule has 0 heterocycles. The van der Waals surface area contributed by atoms with E-state index in [0.29, 0.717) is 0 Å².